The highest BCUT2D eigenvalue weighted by Gasteiger charge is 2.37. The standard InChI is InChI=1S/C19H24N2O4/c1-13(22)20-9-7-16-15(11-20)4-2-3-8-21(16)19(23)14-5-6-17-18(10-14)25-12-24-17/h5-6,10,15-16H,2-4,7-9,11-12H2,1H3/t15-,16-/m1/s1. The number of nitrogens with zero attached hydrogens (tertiary/aromatic N) is 2. The van der Waals surface area contributed by atoms with Crippen LogP contribution < -0.4 is 9.47 Å². The summed E-state index contributed by atoms with van der Waals surface area (Å²) < 4.78 is 10.7. The molecule has 6 heteroatoms. The SMILES string of the molecule is CC(=O)N1CC[C@@H]2[C@H](CCCCN2C(=O)c2ccc3c(c2)OCO3)C1. The minimum atomic E-state index is 0.0616. The zero-order valence-electron chi connectivity index (χ0n) is 14.6. The number of benzene rings is 1. The molecular weight excluding hydrogens is 320 g/mol. The molecule has 6 nitrogen and oxygen atoms in total. The maximum Gasteiger partial charge on any atom is 0.254 e. The topological polar surface area (TPSA) is 59.1 Å². The van der Waals surface area contributed by atoms with Crippen LogP contribution in [0.15, 0.2) is 18.2 Å². The predicted molar refractivity (Wildman–Crippen MR) is 91.6 cm³/mol. The lowest BCUT2D eigenvalue weighted by molar-refractivity contribution is -0.131. The quantitative estimate of drug-likeness (QED) is 0.784. The molecule has 1 aromatic rings. The normalized spacial score (nSPS) is 25.3. The van der Waals surface area contributed by atoms with Crippen LogP contribution in [0.3, 0.4) is 0 Å². The number of rotatable bonds is 1. The Morgan fingerprint density at radius 3 is 2.76 bits per heavy atom. The lowest BCUT2D eigenvalue weighted by Gasteiger charge is -2.42. The van der Waals surface area contributed by atoms with Gasteiger partial charge < -0.3 is 19.3 Å². The molecule has 0 unspecified atom stereocenters. The number of hydrogen-bond donors (Lipinski definition) is 0. The van der Waals surface area contributed by atoms with Gasteiger partial charge in [-0.2, -0.15) is 0 Å². The fourth-order valence-corrected chi connectivity index (χ4v) is 4.30. The number of carbonyl (C=O) groups is 2. The third kappa shape index (κ3) is 3.05. The van der Waals surface area contributed by atoms with Gasteiger partial charge in [0.05, 0.1) is 0 Å². The average Bonchev–Trinajstić information content (AvgIpc) is 2.99. The first-order valence-electron chi connectivity index (χ1n) is 9.09. The van der Waals surface area contributed by atoms with E-state index in [0.29, 0.717) is 23.0 Å². The van der Waals surface area contributed by atoms with Gasteiger partial charge in [0.25, 0.3) is 5.91 Å². The lowest BCUT2D eigenvalue weighted by atomic mass is 9.88. The Balaban J connectivity index is 1.56. The number of ether oxygens (including phenoxy) is 2. The Labute approximate surface area is 147 Å². The maximum atomic E-state index is 13.2. The van der Waals surface area contributed by atoms with Crippen LogP contribution >= 0.6 is 0 Å². The third-order valence-electron chi connectivity index (χ3n) is 5.64. The highest BCUT2D eigenvalue weighted by molar-refractivity contribution is 5.95. The van der Waals surface area contributed by atoms with E-state index in [0.717, 1.165) is 45.3 Å². The second kappa shape index (κ2) is 6.58. The maximum absolute atomic E-state index is 13.2. The first-order chi connectivity index (χ1) is 12.1. The molecule has 2 fully saturated rings. The minimum Gasteiger partial charge on any atom is -0.454 e. The van der Waals surface area contributed by atoms with E-state index >= 15 is 0 Å². The fourth-order valence-electron chi connectivity index (χ4n) is 4.30. The van der Waals surface area contributed by atoms with Gasteiger partial charge in [0.2, 0.25) is 12.7 Å². The number of likely N-dealkylation sites (tertiary alicyclic amines) is 2. The lowest BCUT2D eigenvalue weighted by Crippen LogP contribution is -2.53. The summed E-state index contributed by atoms with van der Waals surface area (Å²) >= 11 is 0. The van der Waals surface area contributed by atoms with E-state index in [9.17, 15) is 9.59 Å². The number of carbonyl (C=O) groups excluding carboxylic acids is 2. The Morgan fingerprint density at radius 1 is 1.08 bits per heavy atom. The van der Waals surface area contributed by atoms with Crippen LogP contribution in [0.2, 0.25) is 0 Å². The van der Waals surface area contributed by atoms with Crippen molar-refractivity contribution < 1.29 is 19.1 Å². The summed E-state index contributed by atoms with van der Waals surface area (Å²) in [6.45, 7) is 4.13. The summed E-state index contributed by atoms with van der Waals surface area (Å²) in [5, 5.41) is 0. The Kier molecular flexibility index (Phi) is 4.27. The van der Waals surface area contributed by atoms with Crippen molar-refractivity contribution in [3.63, 3.8) is 0 Å². The third-order valence-corrected chi connectivity index (χ3v) is 5.64. The van der Waals surface area contributed by atoms with Crippen LogP contribution in [-0.2, 0) is 4.79 Å². The molecule has 0 aliphatic carbocycles. The second-order valence-corrected chi connectivity index (χ2v) is 7.14. The minimum absolute atomic E-state index is 0.0616. The molecule has 0 aromatic heterocycles. The smallest absolute Gasteiger partial charge is 0.254 e. The summed E-state index contributed by atoms with van der Waals surface area (Å²) in [5.41, 5.74) is 0.652. The van der Waals surface area contributed by atoms with E-state index in [1.165, 1.54) is 0 Å². The number of amides is 2. The zero-order valence-corrected chi connectivity index (χ0v) is 14.6. The van der Waals surface area contributed by atoms with Crippen LogP contribution in [0.25, 0.3) is 0 Å². The van der Waals surface area contributed by atoms with Crippen molar-refractivity contribution in [2.45, 2.75) is 38.6 Å². The molecule has 3 heterocycles. The average molecular weight is 344 g/mol. The van der Waals surface area contributed by atoms with Crippen molar-refractivity contribution in [2.75, 3.05) is 26.4 Å². The van der Waals surface area contributed by atoms with Crippen LogP contribution in [-0.4, -0.2) is 54.1 Å². The highest BCUT2D eigenvalue weighted by atomic mass is 16.7. The van der Waals surface area contributed by atoms with Gasteiger partial charge in [-0.25, -0.2) is 0 Å². The van der Waals surface area contributed by atoms with E-state index in [2.05, 4.69) is 0 Å². The number of fused-ring (bicyclic) bond motifs is 2. The molecule has 1 aromatic carbocycles. The van der Waals surface area contributed by atoms with Crippen molar-refractivity contribution in [1.29, 1.82) is 0 Å². The van der Waals surface area contributed by atoms with Crippen molar-refractivity contribution in [3.8, 4) is 11.5 Å². The molecule has 2 saturated heterocycles. The van der Waals surface area contributed by atoms with Gasteiger partial charge in [-0.3, -0.25) is 9.59 Å². The molecule has 0 radical (unpaired) electrons. The first-order valence-corrected chi connectivity index (χ1v) is 9.09. The van der Waals surface area contributed by atoms with Crippen molar-refractivity contribution in [1.82, 2.24) is 9.80 Å². The van der Waals surface area contributed by atoms with Crippen LogP contribution in [0.5, 0.6) is 11.5 Å². The molecule has 2 amide bonds. The summed E-state index contributed by atoms with van der Waals surface area (Å²) in [5.74, 6) is 1.91. The van der Waals surface area contributed by atoms with Crippen LogP contribution in [0.4, 0.5) is 0 Å². The van der Waals surface area contributed by atoms with Gasteiger partial charge in [-0.05, 0) is 43.4 Å². The van der Waals surface area contributed by atoms with E-state index in [-0.39, 0.29) is 24.6 Å². The largest absolute Gasteiger partial charge is 0.454 e. The second-order valence-electron chi connectivity index (χ2n) is 7.14. The van der Waals surface area contributed by atoms with Crippen LogP contribution in [0.1, 0.15) is 43.0 Å². The van der Waals surface area contributed by atoms with E-state index in [4.69, 9.17) is 9.47 Å². The summed E-state index contributed by atoms with van der Waals surface area (Å²) in [6, 6.07) is 5.63. The Morgan fingerprint density at radius 2 is 1.92 bits per heavy atom. The van der Waals surface area contributed by atoms with Gasteiger partial charge in [-0.1, -0.05) is 6.42 Å². The van der Waals surface area contributed by atoms with Gasteiger partial charge in [0.1, 0.15) is 0 Å². The van der Waals surface area contributed by atoms with Gasteiger partial charge >= 0.3 is 0 Å². The number of piperidine rings is 1. The van der Waals surface area contributed by atoms with Gasteiger partial charge in [0.15, 0.2) is 11.5 Å². The predicted octanol–water partition coefficient (Wildman–Crippen LogP) is 2.28. The Hall–Kier alpha value is -2.24. The van der Waals surface area contributed by atoms with Crippen molar-refractivity contribution >= 4 is 11.8 Å². The molecule has 3 aliphatic rings. The molecule has 0 bridgehead atoms. The molecule has 0 N–H and O–H groups in total. The summed E-state index contributed by atoms with van der Waals surface area (Å²) in [6.07, 6.45) is 4.07. The molecular formula is C19H24N2O4. The van der Waals surface area contributed by atoms with Gasteiger partial charge in [0, 0.05) is 38.2 Å². The monoisotopic (exact) mass is 344 g/mol. The molecule has 0 saturated carbocycles. The number of hydrogen-bond acceptors (Lipinski definition) is 4. The summed E-state index contributed by atoms with van der Waals surface area (Å²) in [7, 11) is 0. The molecule has 134 valence electrons. The highest BCUT2D eigenvalue weighted by Crippen LogP contribution is 2.35. The van der Waals surface area contributed by atoms with E-state index in [1.807, 2.05) is 21.9 Å². The van der Waals surface area contributed by atoms with Gasteiger partial charge in [-0.15, -0.1) is 0 Å². The molecule has 25 heavy (non-hydrogen) atoms. The molecule has 0 spiro atoms. The molecule has 3 aliphatic heterocycles. The Bertz CT molecular complexity index is 690. The summed E-state index contributed by atoms with van der Waals surface area (Å²) in [4.78, 5) is 28.9. The van der Waals surface area contributed by atoms with E-state index < -0.39 is 0 Å². The molecule has 2 atom stereocenters. The van der Waals surface area contributed by atoms with E-state index in [1.54, 1.807) is 13.0 Å². The molecule has 4 rings (SSSR count). The zero-order chi connectivity index (χ0) is 17.4. The van der Waals surface area contributed by atoms with Crippen LogP contribution in [0, 0.1) is 5.92 Å². The first kappa shape index (κ1) is 16.2. The van der Waals surface area contributed by atoms with Crippen molar-refractivity contribution in [2.24, 2.45) is 5.92 Å². The fraction of sp³-hybridized carbons (Fsp3) is 0.579. The van der Waals surface area contributed by atoms with Crippen molar-refractivity contribution in [3.05, 3.63) is 23.8 Å².